The lowest BCUT2D eigenvalue weighted by Crippen LogP contribution is -2.06. The average Bonchev–Trinajstić information content (AvgIpc) is 2.43. The van der Waals surface area contributed by atoms with Crippen LogP contribution in [0.3, 0.4) is 0 Å². The summed E-state index contributed by atoms with van der Waals surface area (Å²) in [5.41, 5.74) is 0.879. The zero-order valence-corrected chi connectivity index (χ0v) is 11.2. The monoisotopic (exact) mass is 262 g/mol. The number of rotatable bonds is 7. The van der Waals surface area contributed by atoms with E-state index in [4.69, 9.17) is 9.47 Å². The van der Waals surface area contributed by atoms with Crippen molar-refractivity contribution in [2.24, 2.45) is 0 Å². The Morgan fingerprint density at radius 2 is 2.05 bits per heavy atom. The smallest absolute Gasteiger partial charge is 0.306 e. The number of allylic oxidation sites excluding steroid dienone is 1. The summed E-state index contributed by atoms with van der Waals surface area (Å²) in [6, 6.07) is 7.38. The van der Waals surface area contributed by atoms with Gasteiger partial charge in [0.15, 0.2) is 5.78 Å². The van der Waals surface area contributed by atoms with E-state index in [9.17, 15) is 9.59 Å². The van der Waals surface area contributed by atoms with Crippen molar-refractivity contribution in [3.05, 3.63) is 35.9 Å². The van der Waals surface area contributed by atoms with Gasteiger partial charge in [0.05, 0.1) is 20.1 Å². The molecule has 0 fully saturated rings. The van der Waals surface area contributed by atoms with Crippen molar-refractivity contribution in [1.29, 1.82) is 0 Å². The summed E-state index contributed by atoms with van der Waals surface area (Å²) in [4.78, 5) is 22.6. The first-order valence-corrected chi connectivity index (χ1v) is 6.16. The van der Waals surface area contributed by atoms with E-state index in [1.807, 2.05) is 24.3 Å². The van der Waals surface area contributed by atoms with Crippen LogP contribution in [0.1, 0.15) is 25.3 Å². The van der Waals surface area contributed by atoms with Crippen molar-refractivity contribution in [2.75, 3.05) is 13.7 Å². The number of ketones is 1. The van der Waals surface area contributed by atoms with Crippen LogP contribution in [0.5, 0.6) is 5.75 Å². The molecule has 4 nitrogen and oxygen atoms in total. The fourth-order valence-corrected chi connectivity index (χ4v) is 1.48. The van der Waals surface area contributed by atoms with Crippen molar-refractivity contribution in [1.82, 2.24) is 0 Å². The lowest BCUT2D eigenvalue weighted by molar-refractivity contribution is -0.144. The Hall–Kier alpha value is -2.10. The average molecular weight is 262 g/mol. The second-order valence-electron chi connectivity index (χ2n) is 3.88. The standard InChI is InChI=1S/C15H18O4/c1-3-19-15(17)10-9-13(16)8-7-12-5-4-6-14(11-12)18-2/h4-8,11H,3,9-10H2,1-2H3/b8-7+. The van der Waals surface area contributed by atoms with Gasteiger partial charge in [-0.3, -0.25) is 9.59 Å². The summed E-state index contributed by atoms with van der Waals surface area (Å²) in [5, 5.41) is 0. The molecular weight excluding hydrogens is 244 g/mol. The van der Waals surface area contributed by atoms with E-state index in [1.165, 1.54) is 6.08 Å². The van der Waals surface area contributed by atoms with Crippen LogP contribution in [0.15, 0.2) is 30.3 Å². The van der Waals surface area contributed by atoms with Gasteiger partial charge in [0.25, 0.3) is 0 Å². The summed E-state index contributed by atoms with van der Waals surface area (Å²) in [6.45, 7) is 2.08. The lowest BCUT2D eigenvalue weighted by atomic mass is 10.1. The van der Waals surface area contributed by atoms with E-state index in [0.717, 1.165) is 11.3 Å². The largest absolute Gasteiger partial charge is 0.497 e. The Morgan fingerprint density at radius 3 is 2.74 bits per heavy atom. The fraction of sp³-hybridized carbons (Fsp3) is 0.333. The van der Waals surface area contributed by atoms with Crippen LogP contribution in [0, 0.1) is 0 Å². The molecule has 4 heteroatoms. The number of carbonyl (C=O) groups is 2. The minimum atomic E-state index is -0.342. The number of ether oxygens (including phenoxy) is 2. The summed E-state index contributed by atoms with van der Waals surface area (Å²) in [5.74, 6) is 0.294. The quantitative estimate of drug-likeness (QED) is 0.560. The maximum atomic E-state index is 11.6. The molecule has 0 aliphatic heterocycles. The third-order valence-electron chi connectivity index (χ3n) is 2.44. The van der Waals surface area contributed by atoms with Gasteiger partial charge in [-0.25, -0.2) is 0 Å². The van der Waals surface area contributed by atoms with E-state index in [0.29, 0.717) is 6.61 Å². The minimum absolute atomic E-state index is 0.101. The predicted molar refractivity (Wildman–Crippen MR) is 72.9 cm³/mol. The fourth-order valence-electron chi connectivity index (χ4n) is 1.48. The molecule has 0 amide bonds. The minimum Gasteiger partial charge on any atom is -0.497 e. The summed E-state index contributed by atoms with van der Waals surface area (Å²) < 4.78 is 9.84. The van der Waals surface area contributed by atoms with Gasteiger partial charge >= 0.3 is 5.97 Å². The molecule has 1 aromatic carbocycles. The van der Waals surface area contributed by atoms with Crippen LogP contribution in [0.2, 0.25) is 0 Å². The van der Waals surface area contributed by atoms with Gasteiger partial charge < -0.3 is 9.47 Å². The molecule has 0 spiro atoms. The van der Waals surface area contributed by atoms with Crippen LogP contribution in [-0.2, 0) is 14.3 Å². The lowest BCUT2D eigenvalue weighted by Gasteiger charge is -2.00. The number of methoxy groups -OCH3 is 1. The highest BCUT2D eigenvalue weighted by Gasteiger charge is 2.04. The van der Waals surface area contributed by atoms with Crippen LogP contribution in [0.25, 0.3) is 6.08 Å². The number of carbonyl (C=O) groups excluding carboxylic acids is 2. The van der Waals surface area contributed by atoms with Crippen molar-refractivity contribution >= 4 is 17.8 Å². The molecule has 102 valence electrons. The number of hydrogen-bond acceptors (Lipinski definition) is 4. The molecular formula is C15H18O4. The van der Waals surface area contributed by atoms with Crippen LogP contribution in [-0.4, -0.2) is 25.5 Å². The van der Waals surface area contributed by atoms with E-state index >= 15 is 0 Å². The highest BCUT2D eigenvalue weighted by Crippen LogP contribution is 2.13. The molecule has 0 atom stereocenters. The van der Waals surface area contributed by atoms with Gasteiger partial charge in [-0.05, 0) is 30.7 Å². The molecule has 0 radical (unpaired) electrons. The Kier molecular flexibility index (Phi) is 6.36. The Bertz CT molecular complexity index is 463. The second-order valence-corrected chi connectivity index (χ2v) is 3.88. The van der Waals surface area contributed by atoms with Crippen LogP contribution < -0.4 is 4.74 Å². The molecule has 0 aliphatic carbocycles. The highest BCUT2D eigenvalue weighted by molar-refractivity contribution is 5.95. The number of hydrogen-bond donors (Lipinski definition) is 0. The van der Waals surface area contributed by atoms with E-state index < -0.39 is 0 Å². The first kappa shape index (κ1) is 15.0. The third kappa shape index (κ3) is 5.86. The van der Waals surface area contributed by atoms with Crippen LogP contribution >= 0.6 is 0 Å². The molecule has 1 aromatic rings. The predicted octanol–water partition coefficient (Wildman–Crippen LogP) is 2.62. The molecule has 0 N–H and O–H groups in total. The molecule has 0 aliphatic rings. The van der Waals surface area contributed by atoms with Gasteiger partial charge in [0.1, 0.15) is 5.75 Å². The molecule has 0 saturated heterocycles. The maximum absolute atomic E-state index is 11.6. The van der Waals surface area contributed by atoms with E-state index in [-0.39, 0.29) is 24.6 Å². The van der Waals surface area contributed by atoms with Crippen LogP contribution in [0.4, 0.5) is 0 Å². The number of esters is 1. The normalized spacial score (nSPS) is 10.4. The van der Waals surface area contributed by atoms with Crippen molar-refractivity contribution in [3.8, 4) is 5.75 Å². The molecule has 0 saturated carbocycles. The first-order chi connectivity index (χ1) is 9.15. The van der Waals surface area contributed by atoms with Gasteiger partial charge in [-0.2, -0.15) is 0 Å². The molecule has 1 rings (SSSR count). The third-order valence-corrected chi connectivity index (χ3v) is 2.44. The van der Waals surface area contributed by atoms with Gasteiger partial charge in [0, 0.05) is 6.42 Å². The van der Waals surface area contributed by atoms with E-state index in [2.05, 4.69) is 0 Å². The van der Waals surface area contributed by atoms with Crippen molar-refractivity contribution < 1.29 is 19.1 Å². The Morgan fingerprint density at radius 1 is 1.26 bits per heavy atom. The topological polar surface area (TPSA) is 52.6 Å². The summed E-state index contributed by atoms with van der Waals surface area (Å²) in [6.07, 6.45) is 3.46. The molecule has 0 unspecified atom stereocenters. The van der Waals surface area contributed by atoms with Crippen molar-refractivity contribution in [2.45, 2.75) is 19.8 Å². The molecule has 19 heavy (non-hydrogen) atoms. The first-order valence-electron chi connectivity index (χ1n) is 6.16. The van der Waals surface area contributed by atoms with Gasteiger partial charge in [0.2, 0.25) is 0 Å². The summed E-state index contributed by atoms with van der Waals surface area (Å²) in [7, 11) is 1.59. The Labute approximate surface area is 113 Å². The SMILES string of the molecule is CCOC(=O)CCC(=O)/C=C/c1cccc(OC)c1. The van der Waals surface area contributed by atoms with Gasteiger partial charge in [-0.15, -0.1) is 0 Å². The van der Waals surface area contributed by atoms with Gasteiger partial charge in [-0.1, -0.05) is 18.2 Å². The maximum Gasteiger partial charge on any atom is 0.306 e. The molecule has 0 aromatic heterocycles. The molecule has 0 heterocycles. The Balaban J connectivity index is 2.47. The second kappa shape index (κ2) is 8.08. The zero-order valence-electron chi connectivity index (χ0n) is 11.2. The van der Waals surface area contributed by atoms with Crippen molar-refractivity contribution in [3.63, 3.8) is 0 Å². The zero-order chi connectivity index (χ0) is 14.1. The van der Waals surface area contributed by atoms with E-state index in [1.54, 1.807) is 20.1 Å². The number of benzene rings is 1. The summed E-state index contributed by atoms with van der Waals surface area (Å²) >= 11 is 0. The highest BCUT2D eigenvalue weighted by atomic mass is 16.5. The molecule has 0 bridgehead atoms.